The van der Waals surface area contributed by atoms with Crippen molar-refractivity contribution in [2.24, 2.45) is 0 Å². The van der Waals surface area contributed by atoms with Crippen LogP contribution in [0.1, 0.15) is 86.4 Å². The minimum Gasteiger partial charge on any atom is -0.305 e. The molecule has 4 aromatic rings. The second kappa shape index (κ2) is 17.8. The number of rotatable bonds is 6. The van der Waals surface area contributed by atoms with Gasteiger partial charge in [0.15, 0.2) is 14.6 Å². The van der Waals surface area contributed by atoms with Gasteiger partial charge in [-0.2, -0.15) is 0 Å². The highest BCUT2D eigenvalue weighted by atomic mass is 31.2. The van der Waals surface area contributed by atoms with Crippen molar-refractivity contribution in [1.82, 2.24) is 9.34 Å². The third kappa shape index (κ3) is 7.92. The van der Waals surface area contributed by atoms with Crippen LogP contribution in [0.3, 0.4) is 0 Å². The van der Waals surface area contributed by atoms with E-state index in [2.05, 4.69) is 60.7 Å². The molecule has 0 aromatic heterocycles. The van der Waals surface area contributed by atoms with Crippen LogP contribution in [0.4, 0.5) is 0 Å². The van der Waals surface area contributed by atoms with E-state index in [4.69, 9.17) is 0 Å². The molecular weight excluding hydrogens is 602 g/mol. The summed E-state index contributed by atoms with van der Waals surface area (Å²) in [7, 11) is 2.74. The van der Waals surface area contributed by atoms with Gasteiger partial charge in [-0.15, -0.1) is 0 Å². The van der Waals surface area contributed by atoms with E-state index in [0.717, 1.165) is 24.0 Å². The summed E-state index contributed by atoms with van der Waals surface area (Å²) in [6.45, 7) is 4.00. The molecule has 248 valence electrons. The molecule has 6 rings (SSSR count). The Morgan fingerprint density at radius 1 is 0.457 bits per heavy atom. The number of hydrogen-bond acceptors (Lipinski definition) is 2. The van der Waals surface area contributed by atoms with E-state index in [1.165, 1.54) is 11.1 Å². The van der Waals surface area contributed by atoms with Gasteiger partial charge in [-0.25, -0.2) is 0 Å². The lowest BCUT2D eigenvalue weighted by Crippen LogP contribution is -2.15. The summed E-state index contributed by atoms with van der Waals surface area (Å²) >= 11 is 0. The molecule has 2 aliphatic rings. The average Bonchev–Trinajstić information content (AvgIpc) is 3.62. The van der Waals surface area contributed by atoms with Crippen LogP contribution < -0.4 is 0 Å². The van der Waals surface area contributed by atoms with Crippen LogP contribution in [0.2, 0.25) is 0 Å². The van der Waals surface area contributed by atoms with Gasteiger partial charge in [-0.05, 0) is 63.3 Å². The third-order valence-corrected chi connectivity index (χ3v) is 16.7. The maximum atomic E-state index is 13.9. The molecular formula is C40H56N2O2P2. The highest BCUT2D eigenvalue weighted by molar-refractivity contribution is 7.63. The van der Waals surface area contributed by atoms with E-state index in [-0.39, 0.29) is 37.5 Å². The third-order valence-electron chi connectivity index (χ3n) is 8.78. The van der Waals surface area contributed by atoms with Crippen LogP contribution in [-0.4, -0.2) is 37.5 Å². The van der Waals surface area contributed by atoms with Crippen molar-refractivity contribution in [1.29, 1.82) is 0 Å². The van der Waals surface area contributed by atoms with E-state index >= 15 is 0 Å². The van der Waals surface area contributed by atoms with Gasteiger partial charge < -0.3 is 9.13 Å². The molecule has 4 aromatic carbocycles. The van der Waals surface area contributed by atoms with Crippen molar-refractivity contribution >= 4 is 14.6 Å². The van der Waals surface area contributed by atoms with Gasteiger partial charge in [0.05, 0.1) is 22.6 Å². The molecule has 0 amide bonds. The number of hydrogen-bond donors (Lipinski definition) is 0. The Balaban J connectivity index is 0.000000292. The summed E-state index contributed by atoms with van der Waals surface area (Å²) < 4.78 is 31.7. The maximum Gasteiger partial charge on any atom is 0.171 e. The Labute approximate surface area is 280 Å². The van der Waals surface area contributed by atoms with Gasteiger partial charge in [-0.1, -0.05) is 162 Å². The minimum absolute atomic E-state index is 0. The number of benzene rings is 4. The second-order valence-corrected chi connectivity index (χ2v) is 18.2. The molecule has 0 aliphatic carbocycles. The minimum atomic E-state index is -2.58. The zero-order valence-corrected chi connectivity index (χ0v) is 28.8. The molecule has 0 radical (unpaired) electrons. The Morgan fingerprint density at radius 3 is 0.978 bits per heavy atom. The lowest BCUT2D eigenvalue weighted by atomic mass is 10.0. The first-order valence-electron chi connectivity index (χ1n) is 15.7. The molecule has 0 spiro atoms. The molecule has 1 fully saturated rings. The molecule has 0 N–H and O–H groups in total. The fourth-order valence-electron chi connectivity index (χ4n) is 6.65. The van der Waals surface area contributed by atoms with Gasteiger partial charge in [-0.3, -0.25) is 9.34 Å². The predicted molar refractivity (Wildman–Crippen MR) is 203 cm³/mol. The molecule has 0 bridgehead atoms. The molecule has 6 atom stereocenters. The molecule has 0 saturated carbocycles. The first kappa shape index (κ1) is 39.2. The maximum absolute atomic E-state index is 13.9. The summed E-state index contributed by atoms with van der Waals surface area (Å²) in [5, 5.41) is 0. The van der Waals surface area contributed by atoms with Crippen LogP contribution in [0.25, 0.3) is 0 Å². The van der Waals surface area contributed by atoms with Crippen LogP contribution >= 0.6 is 14.6 Å². The first-order chi connectivity index (χ1) is 21.3. The Bertz CT molecular complexity index is 1440. The molecule has 2 heterocycles. The zero-order valence-electron chi connectivity index (χ0n) is 27.0. The smallest absolute Gasteiger partial charge is 0.171 e. The summed E-state index contributed by atoms with van der Waals surface area (Å²) in [5.41, 5.74) is 4.94. The monoisotopic (exact) mass is 658 g/mol. The van der Waals surface area contributed by atoms with Gasteiger partial charge in [0.1, 0.15) is 0 Å². The van der Waals surface area contributed by atoms with Crippen LogP contribution in [0.15, 0.2) is 133 Å². The SMILES string of the molecule is C.C.CC.CN(C)P1(=O)[C@@H](c2ccccc2)C=C[C@H]1c1ccccc1.CN(C)P1(=O)[C@@H](c2ccccc2)CC[C@H]1c1ccccc1. The first-order valence-corrected chi connectivity index (χ1v) is 19.3. The number of nitrogens with zero attached hydrogens (tertiary/aromatic N) is 2. The van der Waals surface area contributed by atoms with Crippen molar-refractivity contribution in [2.45, 2.75) is 64.2 Å². The highest BCUT2D eigenvalue weighted by Crippen LogP contribution is 2.77. The Morgan fingerprint density at radius 2 is 0.717 bits per heavy atom. The Hall–Kier alpha value is -3.00. The van der Waals surface area contributed by atoms with E-state index < -0.39 is 14.6 Å². The Kier molecular flexibility index (Phi) is 15.2. The molecule has 2 aliphatic heterocycles. The lowest BCUT2D eigenvalue weighted by molar-refractivity contribution is 0.502. The van der Waals surface area contributed by atoms with Crippen LogP contribution in [0, 0.1) is 0 Å². The van der Waals surface area contributed by atoms with Crippen molar-refractivity contribution in [3.63, 3.8) is 0 Å². The molecule has 2 unspecified atom stereocenters. The molecule has 46 heavy (non-hydrogen) atoms. The summed E-state index contributed by atoms with van der Waals surface area (Å²) in [6, 6.07) is 41.0. The number of allylic oxidation sites excluding steroid dienone is 2. The van der Waals surface area contributed by atoms with Crippen molar-refractivity contribution in [3.8, 4) is 0 Å². The van der Waals surface area contributed by atoms with Crippen molar-refractivity contribution in [3.05, 3.63) is 156 Å². The standard InChI is InChI=1S/C18H22NOP.C18H20NOP.C2H6.2CH4/c2*1-19(2)21(20)17(15-9-5-3-6-10-15)13-14-18(21)16-11-7-4-8-12-16;1-2;;/h3-12,17-18H,13-14H2,1-2H3;3-14,17-18H,1-2H3;1-2H3;2*1H4/t2*17-,18+,21?;;;. The van der Waals surface area contributed by atoms with Gasteiger partial charge >= 0.3 is 0 Å². The summed E-state index contributed by atoms with van der Waals surface area (Å²) in [4.78, 5) is 0. The normalized spacial score (nSPS) is 26.2. The fourth-order valence-corrected chi connectivity index (χ4v) is 13.7. The molecule has 4 nitrogen and oxygen atoms in total. The van der Waals surface area contributed by atoms with Gasteiger partial charge in [0.2, 0.25) is 0 Å². The van der Waals surface area contributed by atoms with Crippen molar-refractivity contribution < 1.29 is 9.13 Å². The fraction of sp³-hybridized carbons (Fsp3) is 0.350. The highest BCUT2D eigenvalue weighted by Gasteiger charge is 2.49. The predicted octanol–water partition coefficient (Wildman–Crippen LogP) is 12.3. The van der Waals surface area contributed by atoms with E-state index in [1.54, 1.807) is 0 Å². The molecule has 6 heteroatoms. The quantitative estimate of drug-likeness (QED) is 0.153. The van der Waals surface area contributed by atoms with E-state index in [0.29, 0.717) is 0 Å². The van der Waals surface area contributed by atoms with Crippen LogP contribution in [-0.2, 0) is 9.13 Å². The van der Waals surface area contributed by atoms with E-state index in [9.17, 15) is 9.13 Å². The lowest BCUT2D eigenvalue weighted by Gasteiger charge is -2.32. The molecule has 1 saturated heterocycles. The average molecular weight is 659 g/mol. The van der Waals surface area contributed by atoms with Crippen LogP contribution in [0.5, 0.6) is 0 Å². The van der Waals surface area contributed by atoms with Gasteiger partial charge in [0.25, 0.3) is 0 Å². The zero-order chi connectivity index (χ0) is 31.7. The summed E-state index contributed by atoms with van der Waals surface area (Å²) in [5.74, 6) is 0. The topological polar surface area (TPSA) is 40.6 Å². The van der Waals surface area contributed by atoms with E-state index in [1.807, 2.05) is 124 Å². The van der Waals surface area contributed by atoms with Gasteiger partial charge in [0, 0.05) is 0 Å². The van der Waals surface area contributed by atoms with Crippen molar-refractivity contribution in [2.75, 3.05) is 28.2 Å². The summed E-state index contributed by atoms with van der Waals surface area (Å²) in [6.07, 6.45) is 6.24. The largest absolute Gasteiger partial charge is 0.305 e. The second-order valence-electron chi connectivity index (χ2n) is 11.6.